The summed E-state index contributed by atoms with van der Waals surface area (Å²) >= 11 is 0. The van der Waals surface area contributed by atoms with Crippen LogP contribution >= 0.6 is 0 Å². The van der Waals surface area contributed by atoms with Crippen LogP contribution in [0.5, 0.6) is 17.2 Å². The van der Waals surface area contributed by atoms with Crippen LogP contribution in [-0.2, 0) is 11.3 Å². The average Bonchev–Trinajstić information content (AvgIpc) is 2.78. The number of nitrogens with zero attached hydrogens (tertiary/aromatic N) is 1. The molecule has 0 bridgehead atoms. The molecule has 29 heavy (non-hydrogen) atoms. The van der Waals surface area contributed by atoms with Crippen molar-refractivity contribution in [1.82, 2.24) is 4.90 Å². The molecular formula is C24H27NO4. The third-order valence-electron chi connectivity index (χ3n) is 5.41. The van der Waals surface area contributed by atoms with Gasteiger partial charge in [-0.3, -0.25) is 4.90 Å². The van der Waals surface area contributed by atoms with Gasteiger partial charge in [0, 0.05) is 25.7 Å². The van der Waals surface area contributed by atoms with Gasteiger partial charge in [-0.25, -0.2) is 0 Å². The molecule has 1 fully saturated rings. The van der Waals surface area contributed by atoms with Crippen LogP contribution in [0.3, 0.4) is 0 Å². The van der Waals surface area contributed by atoms with Gasteiger partial charge < -0.3 is 18.9 Å². The number of methoxy groups -OCH3 is 3. The monoisotopic (exact) mass is 393 g/mol. The molecule has 3 aromatic rings. The Kier molecular flexibility index (Phi) is 5.88. The second-order valence-electron chi connectivity index (χ2n) is 7.29. The van der Waals surface area contributed by atoms with Crippen molar-refractivity contribution in [1.29, 1.82) is 0 Å². The zero-order valence-electron chi connectivity index (χ0n) is 17.2. The molecule has 5 nitrogen and oxygen atoms in total. The summed E-state index contributed by atoms with van der Waals surface area (Å²) in [5, 5.41) is 2.37. The standard InChI is InChI=1S/C24H27NO4/c1-26-21-7-6-18-12-20(5-4-19(18)13-21)24-16-25(8-9-29-24)15-17-10-22(27-2)14-23(11-17)28-3/h4-7,10-14,24H,8-9,15-16H2,1-3H3/t24-/m1/s1. The summed E-state index contributed by atoms with van der Waals surface area (Å²) in [4.78, 5) is 2.42. The topological polar surface area (TPSA) is 40.2 Å². The molecule has 3 aromatic carbocycles. The van der Waals surface area contributed by atoms with E-state index in [1.807, 2.05) is 12.1 Å². The Morgan fingerprint density at radius 3 is 2.24 bits per heavy atom. The maximum absolute atomic E-state index is 6.10. The molecule has 0 saturated carbocycles. The van der Waals surface area contributed by atoms with Crippen LogP contribution in [0.2, 0.25) is 0 Å². The van der Waals surface area contributed by atoms with Crippen molar-refractivity contribution >= 4 is 10.8 Å². The van der Waals surface area contributed by atoms with E-state index in [1.165, 1.54) is 21.9 Å². The summed E-state index contributed by atoms with van der Waals surface area (Å²) < 4.78 is 22.2. The lowest BCUT2D eigenvalue weighted by atomic mass is 10.0. The van der Waals surface area contributed by atoms with Gasteiger partial charge in [-0.15, -0.1) is 0 Å². The summed E-state index contributed by atoms with van der Waals surface area (Å²) in [5.74, 6) is 2.50. The fourth-order valence-electron chi connectivity index (χ4n) is 3.83. The molecule has 0 radical (unpaired) electrons. The van der Waals surface area contributed by atoms with Crippen molar-refractivity contribution in [2.45, 2.75) is 12.6 Å². The van der Waals surface area contributed by atoms with Gasteiger partial charge in [0.05, 0.1) is 34.0 Å². The predicted octanol–water partition coefficient (Wildman–Crippen LogP) is 4.44. The number of morpholine rings is 1. The third kappa shape index (κ3) is 4.47. The number of fused-ring (bicyclic) bond motifs is 1. The van der Waals surface area contributed by atoms with E-state index in [0.717, 1.165) is 36.9 Å². The number of rotatable bonds is 6. The third-order valence-corrected chi connectivity index (χ3v) is 5.41. The van der Waals surface area contributed by atoms with Gasteiger partial charge in [-0.05, 0) is 52.2 Å². The first kappa shape index (κ1) is 19.6. The number of hydrogen-bond donors (Lipinski definition) is 0. The molecule has 1 aliphatic rings. The van der Waals surface area contributed by atoms with E-state index in [1.54, 1.807) is 21.3 Å². The summed E-state index contributed by atoms with van der Waals surface area (Å²) in [7, 11) is 5.05. The van der Waals surface area contributed by atoms with Crippen LogP contribution in [0.4, 0.5) is 0 Å². The quantitative estimate of drug-likeness (QED) is 0.619. The van der Waals surface area contributed by atoms with Gasteiger partial charge in [-0.1, -0.05) is 18.2 Å². The van der Waals surface area contributed by atoms with E-state index in [-0.39, 0.29) is 6.10 Å². The summed E-state index contributed by atoms with van der Waals surface area (Å²) in [6.07, 6.45) is 0.0581. The molecular weight excluding hydrogens is 366 g/mol. The van der Waals surface area contributed by atoms with Crippen molar-refractivity contribution < 1.29 is 18.9 Å². The summed E-state index contributed by atoms with van der Waals surface area (Å²) in [6, 6.07) is 18.7. The van der Waals surface area contributed by atoms with Gasteiger partial charge in [-0.2, -0.15) is 0 Å². The van der Waals surface area contributed by atoms with Gasteiger partial charge in [0.1, 0.15) is 17.2 Å². The Morgan fingerprint density at radius 2 is 1.52 bits per heavy atom. The highest BCUT2D eigenvalue weighted by atomic mass is 16.5. The first-order valence-electron chi connectivity index (χ1n) is 9.82. The largest absolute Gasteiger partial charge is 0.497 e. The van der Waals surface area contributed by atoms with Crippen LogP contribution in [0.1, 0.15) is 17.2 Å². The van der Waals surface area contributed by atoms with E-state index in [4.69, 9.17) is 18.9 Å². The molecule has 1 aliphatic heterocycles. The minimum absolute atomic E-state index is 0.0581. The Labute approximate surface area is 171 Å². The molecule has 0 spiro atoms. The second-order valence-corrected chi connectivity index (χ2v) is 7.29. The molecule has 0 aliphatic carbocycles. The van der Waals surface area contributed by atoms with E-state index in [9.17, 15) is 0 Å². The highest BCUT2D eigenvalue weighted by molar-refractivity contribution is 5.84. The number of ether oxygens (including phenoxy) is 4. The summed E-state index contributed by atoms with van der Waals surface area (Å²) in [6.45, 7) is 3.30. The van der Waals surface area contributed by atoms with Crippen LogP contribution in [0, 0.1) is 0 Å². The van der Waals surface area contributed by atoms with Crippen LogP contribution < -0.4 is 14.2 Å². The molecule has 1 atom stereocenters. The Bertz CT molecular complexity index is 966. The molecule has 0 unspecified atom stereocenters. The van der Waals surface area contributed by atoms with Crippen molar-refractivity contribution in [2.75, 3.05) is 41.0 Å². The average molecular weight is 393 g/mol. The number of hydrogen-bond acceptors (Lipinski definition) is 5. The molecule has 0 N–H and O–H groups in total. The predicted molar refractivity (Wildman–Crippen MR) is 114 cm³/mol. The molecule has 4 rings (SSSR count). The zero-order valence-corrected chi connectivity index (χ0v) is 17.2. The van der Waals surface area contributed by atoms with Gasteiger partial charge >= 0.3 is 0 Å². The highest BCUT2D eigenvalue weighted by Crippen LogP contribution is 2.29. The van der Waals surface area contributed by atoms with Crippen LogP contribution in [0.15, 0.2) is 54.6 Å². The zero-order chi connectivity index (χ0) is 20.2. The lowest BCUT2D eigenvalue weighted by Crippen LogP contribution is -2.37. The molecule has 5 heteroatoms. The lowest BCUT2D eigenvalue weighted by Gasteiger charge is -2.33. The fraction of sp³-hybridized carbons (Fsp3) is 0.333. The smallest absolute Gasteiger partial charge is 0.122 e. The van der Waals surface area contributed by atoms with Crippen molar-refractivity contribution in [3.05, 3.63) is 65.7 Å². The maximum Gasteiger partial charge on any atom is 0.122 e. The van der Waals surface area contributed by atoms with E-state index < -0.39 is 0 Å². The summed E-state index contributed by atoms with van der Waals surface area (Å²) in [5.41, 5.74) is 2.38. The van der Waals surface area contributed by atoms with E-state index in [0.29, 0.717) is 6.61 Å². The first-order chi connectivity index (χ1) is 14.2. The van der Waals surface area contributed by atoms with Gasteiger partial charge in [0.2, 0.25) is 0 Å². The first-order valence-corrected chi connectivity index (χ1v) is 9.82. The molecule has 0 aromatic heterocycles. The minimum atomic E-state index is 0.0581. The van der Waals surface area contributed by atoms with Crippen LogP contribution in [-0.4, -0.2) is 45.9 Å². The van der Waals surface area contributed by atoms with Crippen LogP contribution in [0.25, 0.3) is 10.8 Å². The molecule has 0 amide bonds. The molecule has 152 valence electrons. The van der Waals surface area contributed by atoms with E-state index >= 15 is 0 Å². The maximum atomic E-state index is 6.10. The van der Waals surface area contributed by atoms with Gasteiger partial charge in [0.25, 0.3) is 0 Å². The Hall–Kier alpha value is -2.76. The van der Waals surface area contributed by atoms with E-state index in [2.05, 4.69) is 47.4 Å². The fourth-order valence-corrected chi connectivity index (χ4v) is 3.83. The second kappa shape index (κ2) is 8.72. The van der Waals surface area contributed by atoms with Crippen molar-refractivity contribution in [3.63, 3.8) is 0 Å². The molecule has 1 heterocycles. The normalized spacial score (nSPS) is 17.3. The Balaban J connectivity index is 1.50. The van der Waals surface area contributed by atoms with Gasteiger partial charge in [0.15, 0.2) is 0 Å². The number of benzene rings is 3. The lowest BCUT2D eigenvalue weighted by molar-refractivity contribution is -0.0328. The minimum Gasteiger partial charge on any atom is -0.497 e. The SMILES string of the molecule is COc1cc(CN2CCO[C@@H](c3ccc4cc(OC)ccc4c3)C2)cc(OC)c1. The van der Waals surface area contributed by atoms with Crippen molar-refractivity contribution in [3.8, 4) is 17.2 Å². The Morgan fingerprint density at radius 1 is 0.828 bits per heavy atom. The van der Waals surface area contributed by atoms with Crippen molar-refractivity contribution in [2.24, 2.45) is 0 Å². The molecule has 1 saturated heterocycles. The highest BCUT2D eigenvalue weighted by Gasteiger charge is 2.22.